The van der Waals surface area contributed by atoms with Crippen molar-refractivity contribution in [1.29, 1.82) is 0 Å². The summed E-state index contributed by atoms with van der Waals surface area (Å²) in [7, 11) is 0. The number of likely N-dealkylation sites (N-methyl/N-ethyl adjacent to an activating group) is 1. The topological polar surface area (TPSA) is 69.6 Å². The second-order valence-electron chi connectivity index (χ2n) is 4.71. The molecule has 0 aliphatic carbocycles. The number of carbonyl (C=O) groups excluding carboxylic acids is 1. The molecule has 1 rings (SSSR count). The summed E-state index contributed by atoms with van der Waals surface area (Å²) >= 11 is 6.00. The van der Waals surface area contributed by atoms with E-state index in [0.717, 1.165) is 5.57 Å². The average molecular weight is 311 g/mol. The molecule has 0 bridgehead atoms. The quantitative estimate of drug-likeness (QED) is 0.793. The molecule has 0 aliphatic heterocycles. The Hall–Kier alpha value is -2.01. The van der Waals surface area contributed by atoms with Crippen molar-refractivity contribution in [1.82, 2.24) is 10.2 Å². The molecule has 0 fully saturated rings. The van der Waals surface area contributed by atoms with E-state index in [4.69, 9.17) is 11.6 Å². The number of aliphatic carboxylic acids is 1. The van der Waals surface area contributed by atoms with Gasteiger partial charge in [0.2, 0.25) is 0 Å². The van der Waals surface area contributed by atoms with Gasteiger partial charge in [0.05, 0.1) is 0 Å². The SMILES string of the molecule is C=C(C)CN(CC)C(=O)N[C@@H](C(=O)O)c1ccccc1Cl. The van der Waals surface area contributed by atoms with Crippen molar-refractivity contribution < 1.29 is 14.7 Å². The van der Waals surface area contributed by atoms with E-state index in [-0.39, 0.29) is 0 Å². The zero-order chi connectivity index (χ0) is 16.0. The highest BCUT2D eigenvalue weighted by Gasteiger charge is 2.26. The van der Waals surface area contributed by atoms with Crippen LogP contribution in [0.15, 0.2) is 36.4 Å². The molecule has 0 aliphatic rings. The molecule has 2 N–H and O–H groups in total. The standard InChI is InChI=1S/C15H19ClN2O3/c1-4-18(9-10(2)3)15(21)17-13(14(19)20)11-7-5-6-8-12(11)16/h5-8,13H,2,4,9H2,1,3H3,(H,17,21)(H,19,20)/t13-/m1/s1. The Balaban J connectivity index is 2.94. The van der Waals surface area contributed by atoms with Crippen LogP contribution in [0.3, 0.4) is 0 Å². The van der Waals surface area contributed by atoms with E-state index >= 15 is 0 Å². The van der Waals surface area contributed by atoms with Crippen LogP contribution in [0.4, 0.5) is 4.79 Å². The number of hydrogen-bond acceptors (Lipinski definition) is 2. The summed E-state index contributed by atoms with van der Waals surface area (Å²) in [6.45, 7) is 8.19. The van der Waals surface area contributed by atoms with Gasteiger partial charge in [-0.25, -0.2) is 9.59 Å². The molecule has 0 aromatic heterocycles. The number of nitrogens with zero attached hydrogens (tertiary/aromatic N) is 1. The van der Waals surface area contributed by atoms with Crippen LogP contribution in [0.5, 0.6) is 0 Å². The van der Waals surface area contributed by atoms with Crippen LogP contribution < -0.4 is 5.32 Å². The summed E-state index contributed by atoms with van der Waals surface area (Å²) in [5.41, 5.74) is 1.17. The fourth-order valence-electron chi connectivity index (χ4n) is 1.85. The van der Waals surface area contributed by atoms with E-state index < -0.39 is 18.0 Å². The molecule has 1 aromatic rings. The molecule has 0 radical (unpaired) electrons. The maximum absolute atomic E-state index is 12.2. The van der Waals surface area contributed by atoms with Gasteiger partial charge < -0.3 is 15.3 Å². The Labute approximate surface area is 129 Å². The molecular formula is C15H19ClN2O3. The van der Waals surface area contributed by atoms with E-state index in [9.17, 15) is 14.7 Å². The number of halogens is 1. The fourth-order valence-corrected chi connectivity index (χ4v) is 2.09. The number of amides is 2. The average Bonchev–Trinajstić information content (AvgIpc) is 2.42. The van der Waals surface area contributed by atoms with E-state index in [1.54, 1.807) is 31.2 Å². The van der Waals surface area contributed by atoms with E-state index in [0.29, 0.717) is 23.7 Å². The summed E-state index contributed by atoms with van der Waals surface area (Å²) in [5.74, 6) is -1.16. The largest absolute Gasteiger partial charge is 0.479 e. The van der Waals surface area contributed by atoms with Gasteiger partial charge in [-0.1, -0.05) is 42.0 Å². The maximum Gasteiger partial charge on any atom is 0.331 e. The number of rotatable bonds is 6. The third-order valence-corrected chi connectivity index (χ3v) is 3.20. The predicted octanol–water partition coefficient (Wildman–Crippen LogP) is 3.07. The summed E-state index contributed by atoms with van der Waals surface area (Å²) in [4.78, 5) is 25.1. The van der Waals surface area contributed by atoms with Crippen LogP contribution in [0.2, 0.25) is 5.02 Å². The molecule has 1 aromatic carbocycles. The van der Waals surface area contributed by atoms with Gasteiger partial charge in [0.1, 0.15) is 0 Å². The first kappa shape index (κ1) is 17.0. The molecule has 114 valence electrons. The first-order chi connectivity index (χ1) is 9.86. The highest BCUT2D eigenvalue weighted by molar-refractivity contribution is 6.31. The van der Waals surface area contributed by atoms with Crippen molar-refractivity contribution in [3.8, 4) is 0 Å². The Bertz CT molecular complexity index is 545. The first-order valence-corrected chi connectivity index (χ1v) is 6.91. The van der Waals surface area contributed by atoms with Gasteiger partial charge in [-0.15, -0.1) is 0 Å². The summed E-state index contributed by atoms with van der Waals surface area (Å²) < 4.78 is 0. The lowest BCUT2D eigenvalue weighted by Crippen LogP contribution is -2.44. The second kappa shape index (κ2) is 7.69. The highest BCUT2D eigenvalue weighted by Crippen LogP contribution is 2.23. The van der Waals surface area contributed by atoms with Crippen LogP contribution in [0.1, 0.15) is 25.5 Å². The molecule has 0 saturated heterocycles. The lowest BCUT2D eigenvalue weighted by Gasteiger charge is -2.24. The third kappa shape index (κ3) is 4.79. The van der Waals surface area contributed by atoms with Crippen LogP contribution >= 0.6 is 11.6 Å². The minimum absolute atomic E-state index is 0.299. The van der Waals surface area contributed by atoms with Gasteiger partial charge in [0.25, 0.3) is 0 Å². The van der Waals surface area contributed by atoms with Gasteiger partial charge in [-0.3, -0.25) is 0 Å². The summed E-state index contributed by atoms with van der Waals surface area (Å²) in [6.07, 6.45) is 0. The number of benzene rings is 1. The zero-order valence-corrected chi connectivity index (χ0v) is 12.9. The van der Waals surface area contributed by atoms with Gasteiger partial charge in [-0.05, 0) is 19.9 Å². The van der Waals surface area contributed by atoms with Crippen LogP contribution in [-0.2, 0) is 4.79 Å². The Morgan fingerprint density at radius 2 is 2.05 bits per heavy atom. The lowest BCUT2D eigenvalue weighted by molar-refractivity contribution is -0.139. The van der Waals surface area contributed by atoms with Crippen molar-refractivity contribution in [2.24, 2.45) is 0 Å². The number of nitrogens with one attached hydrogen (secondary N) is 1. The van der Waals surface area contributed by atoms with Crippen LogP contribution in [0, 0.1) is 0 Å². The molecule has 2 amide bonds. The summed E-state index contributed by atoms with van der Waals surface area (Å²) in [5, 5.41) is 12.1. The number of carboxylic acid groups (broad SMARTS) is 1. The third-order valence-electron chi connectivity index (χ3n) is 2.86. The fraction of sp³-hybridized carbons (Fsp3) is 0.333. The van der Waals surface area contributed by atoms with Crippen LogP contribution in [0.25, 0.3) is 0 Å². The molecule has 0 spiro atoms. The Morgan fingerprint density at radius 1 is 1.43 bits per heavy atom. The molecule has 0 heterocycles. The minimum Gasteiger partial charge on any atom is -0.479 e. The maximum atomic E-state index is 12.2. The number of urea groups is 1. The smallest absolute Gasteiger partial charge is 0.331 e. The summed E-state index contributed by atoms with van der Waals surface area (Å²) in [6, 6.07) is 4.89. The second-order valence-corrected chi connectivity index (χ2v) is 5.12. The number of hydrogen-bond donors (Lipinski definition) is 2. The van der Waals surface area contributed by atoms with Gasteiger partial charge in [0, 0.05) is 23.7 Å². The van der Waals surface area contributed by atoms with Crippen molar-refractivity contribution in [2.75, 3.05) is 13.1 Å². The normalized spacial score (nSPS) is 11.6. The molecule has 5 nitrogen and oxygen atoms in total. The van der Waals surface area contributed by atoms with Crippen LogP contribution in [-0.4, -0.2) is 35.1 Å². The van der Waals surface area contributed by atoms with Crippen molar-refractivity contribution in [2.45, 2.75) is 19.9 Å². The highest BCUT2D eigenvalue weighted by atomic mass is 35.5. The molecular weight excluding hydrogens is 292 g/mol. The van der Waals surface area contributed by atoms with Crippen molar-refractivity contribution >= 4 is 23.6 Å². The zero-order valence-electron chi connectivity index (χ0n) is 12.1. The minimum atomic E-state index is -1.19. The van der Waals surface area contributed by atoms with Gasteiger partial charge in [0.15, 0.2) is 6.04 Å². The lowest BCUT2D eigenvalue weighted by atomic mass is 10.1. The Morgan fingerprint density at radius 3 is 2.52 bits per heavy atom. The van der Waals surface area contributed by atoms with Gasteiger partial charge in [-0.2, -0.15) is 0 Å². The van der Waals surface area contributed by atoms with Crippen molar-refractivity contribution in [3.05, 3.63) is 47.0 Å². The van der Waals surface area contributed by atoms with Gasteiger partial charge >= 0.3 is 12.0 Å². The predicted molar refractivity (Wildman–Crippen MR) is 82.4 cm³/mol. The van der Waals surface area contributed by atoms with Crippen molar-refractivity contribution in [3.63, 3.8) is 0 Å². The van der Waals surface area contributed by atoms with E-state index in [1.165, 1.54) is 4.90 Å². The molecule has 0 unspecified atom stereocenters. The first-order valence-electron chi connectivity index (χ1n) is 6.53. The molecule has 6 heteroatoms. The number of carbonyl (C=O) groups is 2. The molecule has 21 heavy (non-hydrogen) atoms. The molecule has 1 atom stereocenters. The van der Waals surface area contributed by atoms with E-state index in [1.807, 2.05) is 6.92 Å². The van der Waals surface area contributed by atoms with E-state index in [2.05, 4.69) is 11.9 Å². The number of carboxylic acids is 1. The monoisotopic (exact) mass is 310 g/mol. The Kier molecular flexibility index (Phi) is 6.24. The molecule has 0 saturated carbocycles.